The first-order valence-corrected chi connectivity index (χ1v) is 9.08. The molecule has 0 radical (unpaired) electrons. The maximum Gasteiger partial charge on any atom is 0.0827 e. The van der Waals surface area contributed by atoms with Crippen LogP contribution in [0.2, 0.25) is 0 Å². The summed E-state index contributed by atoms with van der Waals surface area (Å²) >= 11 is 0. The lowest BCUT2D eigenvalue weighted by Gasteiger charge is -2.38. The molecule has 2 rings (SSSR count). The van der Waals surface area contributed by atoms with Crippen LogP contribution in [-0.2, 0) is 0 Å². The normalized spacial score (nSPS) is 35.5. The van der Waals surface area contributed by atoms with Gasteiger partial charge in [0.2, 0.25) is 0 Å². The molecule has 2 saturated carbocycles. The van der Waals surface area contributed by atoms with Crippen LogP contribution in [0.1, 0.15) is 84.0 Å². The third kappa shape index (κ3) is 4.90. The van der Waals surface area contributed by atoms with Crippen molar-refractivity contribution in [2.75, 3.05) is 0 Å². The van der Waals surface area contributed by atoms with E-state index in [4.69, 9.17) is 0 Å². The molecule has 0 aliphatic heterocycles. The first-order valence-electron chi connectivity index (χ1n) is 9.08. The van der Waals surface area contributed by atoms with Crippen molar-refractivity contribution in [1.29, 1.82) is 0 Å². The van der Waals surface area contributed by atoms with Gasteiger partial charge in [-0.05, 0) is 62.2 Å². The molecule has 0 aromatic carbocycles. The summed E-state index contributed by atoms with van der Waals surface area (Å²) in [6.07, 6.45) is 19.1. The first kappa shape index (κ1) is 16.0. The van der Waals surface area contributed by atoms with Crippen molar-refractivity contribution < 1.29 is 4.39 Å². The van der Waals surface area contributed by atoms with Crippen LogP contribution in [0.4, 0.5) is 4.39 Å². The molecule has 0 nitrogen and oxygen atoms in total. The summed E-state index contributed by atoms with van der Waals surface area (Å²) < 4.78 is 12.0. The quantitative estimate of drug-likeness (QED) is 0.510. The minimum absolute atomic E-state index is 0.709. The van der Waals surface area contributed by atoms with Crippen LogP contribution in [0.5, 0.6) is 0 Å². The zero-order valence-corrected chi connectivity index (χ0v) is 13.3. The van der Waals surface area contributed by atoms with E-state index in [1.807, 2.05) is 0 Å². The van der Waals surface area contributed by atoms with E-state index in [2.05, 4.69) is 6.92 Å². The Labute approximate surface area is 125 Å². The number of allylic oxidation sites excluding steroid dienone is 1. The van der Waals surface area contributed by atoms with Crippen molar-refractivity contribution in [1.82, 2.24) is 0 Å². The molecule has 0 N–H and O–H groups in total. The molecule has 1 heteroatoms. The fourth-order valence-electron chi connectivity index (χ4n) is 4.70. The highest BCUT2D eigenvalue weighted by Crippen LogP contribution is 2.42. The van der Waals surface area contributed by atoms with E-state index in [-0.39, 0.29) is 0 Å². The average molecular weight is 280 g/mol. The Morgan fingerprint density at radius 1 is 0.800 bits per heavy atom. The average Bonchev–Trinajstić information content (AvgIpc) is 2.49. The second-order valence-corrected chi connectivity index (χ2v) is 7.29. The van der Waals surface area contributed by atoms with Gasteiger partial charge in [-0.2, -0.15) is 0 Å². The predicted molar refractivity (Wildman–Crippen MR) is 85.3 cm³/mol. The Bertz CT molecular complexity index is 267. The van der Waals surface area contributed by atoms with E-state index in [9.17, 15) is 4.39 Å². The molecular weight excluding hydrogens is 247 g/mol. The summed E-state index contributed by atoms with van der Waals surface area (Å²) in [5.41, 5.74) is 0. The van der Waals surface area contributed by atoms with E-state index < -0.39 is 0 Å². The van der Waals surface area contributed by atoms with Crippen LogP contribution in [0.25, 0.3) is 0 Å². The van der Waals surface area contributed by atoms with Gasteiger partial charge >= 0.3 is 0 Å². The first-order chi connectivity index (χ1) is 9.83. The van der Waals surface area contributed by atoms with Crippen LogP contribution in [0.3, 0.4) is 0 Å². The zero-order valence-electron chi connectivity index (χ0n) is 13.3. The number of halogens is 1. The maximum atomic E-state index is 12.0. The van der Waals surface area contributed by atoms with E-state index in [1.54, 1.807) is 6.08 Å². The molecule has 0 saturated heterocycles. The predicted octanol–water partition coefficient (Wildman–Crippen LogP) is 6.66. The summed E-state index contributed by atoms with van der Waals surface area (Å²) in [5.74, 6) is 3.97. The highest BCUT2D eigenvalue weighted by atomic mass is 19.1. The summed E-state index contributed by atoms with van der Waals surface area (Å²) in [6.45, 7) is 2.32. The summed E-state index contributed by atoms with van der Waals surface area (Å²) in [6, 6.07) is 0. The Kier molecular flexibility index (Phi) is 7.10. The van der Waals surface area contributed by atoms with Gasteiger partial charge in [-0.25, -0.2) is 4.39 Å². The molecule has 0 spiro atoms. The van der Waals surface area contributed by atoms with Crippen LogP contribution >= 0.6 is 0 Å². The zero-order chi connectivity index (χ0) is 14.2. The Morgan fingerprint density at radius 2 is 1.30 bits per heavy atom. The van der Waals surface area contributed by atoms with Gasteiger partial charge < -0.3 is 0 Å². The second-order valence-electron chi connectivity index (χ2n) is 7.29. The fraction of sp³-hybridized carbons (Fsp3) is 0.895. The van der Waals surface area contributed by atoms with Gasteiger partial charge in [-0.15, -0.1) is 0 Å². The summed E-state index contributed by atoms with van der Waals surface area (Å²) in [5, 5.41) is 0. The monoisotopic (exact) mass is 280 g/mol. The lowest BCUT2D eigenvalue weighted by atomic mass is 9.68. The van der Waals surface area contributed by atoms with Crippen molar-refractivity contribution in [3.05, 3.63) is 12.4 Å². The molecule has 0 amide bonds. The third-order valence-corrected chi connectivity index (χ3v) is 5.98. The Morgan fingerprint density at radius 3 is 1.75 bits per heavy atom. The molecule has 0 bridgehead atoms. The van der Waals surface area contributed by atoms with Gasteiger partial charge in [-0.3, -0.25) is 0 Å². The fourth-order valence-corrected chi connectivity index (χ4v) is 4.70. The van der Waals surface area contributed by atoms with Gasteiger partial charge in [0, 0.05) is 0 Å². The minimum atomic E-state index is 0.709. The molecule has 116 valence electrons. The van der Waals surface area contributed by atoms with Gasteiger partial charge in [0.1, 0.15) is 0 Å². The van der Waals surface area contributed by atoms with Crippen molar-refractivity contribution in [2.45, 2.75) is 84.0 Å². The Balaban J connectivity index is 1.64. The van der Waals surface area contributed by atoms with Crippen LogP contribution < -0.4 is 0 Å². The summed E-state index contributed by atoms with van der Waals surface area (Å²) in [7, 11) is 0. The van der Waals surface area contributed by atoms with Crippen molar-refractivity contribution in [3.8, 4) is 0 Å². The highest BCUT2D eigenvalue weighted by Gasteiger charge is 2.30. The molecule has 20 heavy (non-hydrogen) atoms. The van der Waals surface area contributed by atoms with E-state index in [0.717, 1.165) is 30.1 Å². The number of hydrogen-bond donors (Lipinski definition) is 0. The van der Waals surface area contributed by atoms with Crippen LogP contribution in [0, 0.1) is 23.7 Å². The topological polar surface area (TPSA) is 0 Å². The smallest absolute Gasteiger partial charge is 0.0827 e. The van der Waals surface area contributed by atoms with E-state index >= 15 is 0 Å². The van der Waals surface area contributed by atoms with E-state index in [1.165, 1.54) is 70.6 Å². The van der Waals surface area contributed by atoms with Crippen molar-refractivity contribution >= 4 is 0 Å². The second kappa shape index (κ2) is 8.85. The molecule has 2 aliphatic carbocycles. The van der Waals surface area contributed by atoms with Gasteiger partial charge in [0.05, 0.1) is 6.33 Å². The summed E-state index contributed by atoms with van der Waals surface area (Å²) in [4.78, 5) is 0. The van der Waals surface area contributed by atoms with Crippen LogP contribution in [-0.4, -0.2) is 0 Å². The lowest BCUT2D eigenvalue weighted by Crippen LogP contribution is -2.25. The van der Waals surface area contributed by atoms with Crippen molar-refractivity contribution in [2.24, 2.45) is 23.7 Å². The largest absolute Gasteiger partial charge is 0.216 e. The number of rotatable bonds is 6. The van der Waals surface area contributed by atoms with Gasteiger partial charge in [0.25, 0.3) is 0 Å². The highest BCUT2D eigenvalue weighted by molar-refractivity contribution is 4.83. The molecule has 2 aliphatic rings. The van der Waals surface area contributed by atoms with Gasteiger partial charge in [0.15, 0.2) is 0 Å². The van der Waals surface area contributed by atoms with Gasteiger partial charge in [-0.1, -0.05) is 51.5 Å². The Hall–Kier alpha value is -0.330. The van der Waals surface area contributed by atoms with E-state index in [0.29, 0.717) is 6.33 Å². The SMILES string of the molecule is CCC[C@H]1CC[C@H]([C@H]2CC[C@H](CC/C=C/F)CC2)CC1. The molecule has 0 unspecified atom stereocenters. The standard InChI is InChI=1S/C19H33F/c1-2-5-16-7-11-18(12-8-16)19-13-9-17(10-14-19)6-3-4-15-20/h4,15-19H,2-3,5-14H2,1H3/b15-4+/t16-,17-,18-,19-. The lowest BCUT2D eigenvalue weighted by molar-refractivity contribution is 0.141. The molecule has 0 aromatic rings. The minimum Gasteiger partial charge on any atom is -0.216 e. The number of hydrogen-bond acceptors (Lipinski definition) is 0. The molecule has 0 heterocycles. The van der Waals surface area contributed by atoms with Crippen molar-refractivity contribution in [3.63, 3.8) is 0 Å². The molecular formula is C19H33F. The molecule has 0 atom stereocenters. The molecule has 2 fully saturated rings. The third-order valence-electron chi connectivity index (χ3n) is 5.98. The van der Waals surface area contributed by atoms with Crippen LogP contribution in [0.15, 0.2) is 12.4 Å². The molecule has 0 aromatic heterocycles. The maximum absolute atomic E-state index is 12.0.